The molecule has 2 aromatic heterocycles. The maximum atomic E-state index is 14.1. The number of aliphatic imine (C=N–C) groups is 2. The number of carbonyl (C=O) groups excluding carboxylic acids is 8. The van der Waals surface area contributed by atoms with Crippen molar-refractivity contribution in [3.8, 4) is 0 Å². The van der Waals surface area contributed by atoms with Crippen LogP contribution in [-0.2, 0) is 51.4 Å². The fourth-order valence-electron chi connectivity index (χ4n) is 6.79. The van der Waals surface area contributed by atoms with Gasteiger partial charge in [0.2, 0.25) is 47.3 Å². The average Bonchev–Trinajstić information content (AvgIpc) is 3.28. The van der Waals surface area contributed by atoms with E-state index >= 15 is 0 Å². The van der Waals surface area contributed by atoms with Crippen LogP contribution in [0.1, 0.15) is 32.6 Å². The SMILES string of the molecule is CC(=O)N[C@@H](CCCN=C(N)N)C(=O)N[C@@H](Cn1ccc(=O)[nH]c1=O)C(=O)N(C)CC(=O)N[C@@H](Cn1c(=O)[nH]c2ccccc2c1=O)C(=O)N(C)CC(=O)N(C)CC(=O)N[C@@H](CCCN=C(N)N)C(N)=O. The third-order valence-corrected chi connectivity index (χ3v) is 10.4. The van der Waals surface area contributed by atoms with Gasteiger partial charge in [-0.05, 0) is 37.8 Å². The fraction of sp³-hybridized carbons (Fsp3) is 0.463. The number of benzene rings is 1. The minimum Gasteiger partial charge on any atom is -0.370 e. The highest BCUT2D eigenvalue weighted by Crippen LogP contribution is 2.07. The van der Waals surface area contributed by atoms with E-state index in [2.05, 4.69) is 36.2 Å². The van der Waals surface area contributed by atoms with Crippen molar-refractivity contribution in [3.05, 3.63) is 78.2 Å². The number of amides is 8. The number of aromatic nitrogens is 4. The fourth-order valence-corrected chi connectivity index (χ4v) is 6.79. The van der Waals surface area contributed by atoms with Gasteiger partial charge in [0.05, 0.1) is 43.6 Å². The average molecular weight is 997 g/mol. The molecule has 0 fully saturated rings. The Hall–Kier alpha value is -8.86. The molecule has 0 saturated carbocycles. The zero-order valence-electron chi connectivity index (χ0n) is 39.5. The lowest BCUT2D eigenvalue weighted by Crippen LogP contribution is -2.58. The molecule has 3 rings (SSSR count). The van der Waals surface area contributed by atoms with Gasteiger partial charge in [-0.3, -0.25) is 72.0 Å². The van der Waals surface area contributed by atoms with Gasteiger partial charge in [0.1, 0.15) is 24.2 Å². The highest BCUT2D eigenvalue weighted by atomic mass is 16.2. The van der Waals surface area contributed by atoms with Crippen LogP contribution in [0.3, 0.4) is 0 Å². The second kappa shape index (κ2) is 26.6. The molecule has 30 heteroatoms. The number of carbonyl (C=O) groups is 8. The zero-order valence-corrected chi connectivity index (χ0v) is 39.5. The number of hydrogen-bond acceptors (Lipinski definition) is 14. The number of nitrogens with zero attached hydrogens (tertiary/aromatic N) is 7. The maximum Gasteiger partial charge on any atom is 0.328 e. The van der Waals surface area contributed by atoms with Crippen LogP contribution in [0.4, 0.5) is 0 Å². The Kier molecular flexibility index (Phi) is 21.2. The van der Waals surface area contributed by atoms with Crippen LogP contribution >= 0.6 is 0 Å². The van der Waals surface area contributed by atoms with E-state index in [1.807, 2.05) is 4.98 Å². The predicted octanol–water partition coefficient (Wildman–Crippen LogP) is -7.83. The number of hydrogen-bond donors (Lipinski definition) is 11. The predicted molar refractivity (Wildman–Crippen MR) is 255 cm³/mol. The van der Waals surface area contributed by atoms with E-state index < -0.39 is 127 Å². The Morgan fingerprint density at radius 2 is 1.17 bits per heavy atom. The van der Waals surface area contributed by atoms with Gasteiger partial charge in [0, 0.05) is 53.4 Å². The molecule has 0 aliphatic carbocycles. The highest BCUT2D eigenvalue weighted by Gasteiger charge is 2.32. The van der Waals surface area contributed by atoms with Gasteiger partial charge >= 0.3 is 11.4 Å². The summed E-state index contributed by atoms with van der Waals surface area (Å²) in [6, 6.07) is 1.18. The Morgan fingerprint density at radius 1 is 0.634 bits per heavy atom. The van der Waals surface area contributed by atoms with Crippen LogP contribution in [0, 0.1) is 0 Å². The van der Waals surface area contributed by atoms with Crippen molar-refractivity contribution in [3.63, 3.8) is 0 Å². The number of likely N-dealkylation sites (N-methyl/N-ethyl adjacent to an activating group) is 3. The Morgan fingerprint density at radius 3 is 1.73 bits per heavy atom. The molecule has 0 aliphatic heterocycles. The molecule has 30 nitrogen and oxygen atoms in total. The van der Waals surface area contributed by atoms with Crippen LogP contribution in [0.25, 0.3) is 10.9 Å². The van der Waals surface area contributed by atoms with Gasteiger partial charge in [-0.25, -0.2) is 9.59 Å². The minimum atomic E-state index is -1.78. The summed E-state index contributed by atoms with van der Waals surface area (Å²) in [5.74, 6) is -7.36. The molecule has 1 aromatic carbocycles. The molecule has 0 radical (unpaired) electrons. The van der Waals surface area contributed by atoms with Crippen molar-refractivity contribution < 1.29 is 38.4 Å². The molecule has 0 unspecified atom stereocenters. The number of nitrogens with two attached hydrogens (primary N) is 5. The third-order valence-electron chi connectivity index (χ3n) is 10.4. The minimum absolute atomic E-state index is 0.00874. The summed E-state index contributed by atoms with van der Waals surface area (Å²) >= 11 is 0. The molecule has 0 spiro atoms. The number of aromatic amines is 2. The number of guanidine groups is 2. The summed E-state index contributed by atoms with van der Waals surface area (Å²) in [5.41, 5.74) is 23.4. The smallest absolute Gasteiger partial charge is 0.328 e. The lowest BCUT2D eigenvalue weighted by Gasteiger charge is -2.28. The number of nitrogens with one attached hydrogen (secondary N) is 6. The van der Waals surface area contributed by atoms with Crippen LogP contribution in [0.2, 0.25) is 0 Å². The van der Waals surface area contributed by atoms with Gasteiger partial charge < -0.3 is 69.6 Å². The van der Waals surface area contributed by atoms with Crippen LogP contribution in [0.15, 0.2) is 65.7 Å². The first-order chi connectivity index (χ1) is 33.4. The Labute approximate surface area is 403 Å². The summed E-state index contributed by atoms with van der Waals surface area (Å²) in [6.07, 6.45) is 1.60. The number of fused-ring (bicyclic) bond motifs is 1. The van der Waals surface area contributed by atoms with E-state index in [4.69, 9.17) is 28.7 Å². The van der Waals surface area contributed by atoms with E-state index in [0.717, 1.165) is 52.5 Å². The molecule has 0 aliphatic rings. The number of rotatable bonds is 26. The largest absolute Gasteiger partial charge is 0.370 e. The number of H-pyrrole nitrogens is 2. The van der Waals surface area contributed by atoms with Crippen molar-refractivity contribution in [2.75, 3.05) is 53.9 Å². The van der Waals surface area contributed by atoms with E-state index in [1.165, 1.54) is 25.2 Å². The Bertz CT molecular complexity index is 2760. The topological polar surface area (TPSA) is 459 Å². The lowest BCUT2D eigenvalue weighted by atomic mass is 10.1. The number of primary amides is 1. The Balaban J connectivity index is 1.88. The summed E-state index contributed by atoms with van der Waals surface area (Å²) in [7, 11) is 3.54. The van der Waals surface area contributed by atoms with E-state index in [-0.39, 0.29) is 61.6 Å². The quantitative estimate of drug-likeness (QED) is 0.0202. The molecule has 3 aromatic rings. The number of para-hydroxylation sites is 1. The van der Waals surface area contributed by atoms with Gasteiger partial charge in [0.25, 0.3) is 11.1 Å². The lowest BCUT2D eigenvalue weighted by molar-refractivity contribution is -0.143. The standard InChI is InChI=1S/C41H60N18O12/c1-22(60)49-26(12-8-15-48-39(45)46)34(66)52-27(17-58-16-13-29(61)54-40(58)70)36(68)56(3)20-31(63)51-28(18-59-35(67)23-9-5-6-10-24(23)53-41(59)71)37(69)57(4)21-32(64)55(2)19-30(62)50-25(33(42)65)11-7-14-47-38(43)44/h5-6,9-10,13,16,25-28H,7-8,11-12,14-15,17-21H2,1-4H3,(H2,42,65)(H,49,60)(H,50,62)(H,51,63)(H,52,66)(H,53,71)(H4,43,44,47)(H4,45,46,48)(H,54,61,70)/t25-,26-,27-,28-/m0/s1. The van der Waals surface area contributed by atoms with Crippen molar-refractivity contribution >= 4 is 70.1 Å². The van der Waals surface area contributed by atoms with Crippen molar-refractivity contribution in [2.24, 2.45) is 38.7 Å². The highest BCUT2D eigenvalue weighted by molar-refractivity contribution is 5.95. The molecular formula is C41H60N18O12. The van der Waals surface area contributed by atoms with Crippen LogP contribution in [-0.4, -0.2) is 171 Å². The third kappa shape index (κ3) is 18.0. The molecular weight excluding hydrogens is 937 g/mol. The molecule has 0 saturated heterocycles. The molecule has 2 heterocycles. The molecule has 386 valence electrons. The summed E-state index contributed by atoms with van der Waals surface area (Å²) < 4.78 is 1.55. The van der Waals surface area contributed by atoms with Crippen molar-refractivity contribution in [2.45, 2.75) is 69.9 Å². The van der Waals surface area contributed by atoms with Gasteiger partial charge in [-0.1, -0.05) is 12.1 Å². The summed E-state index contributed by atoms with van der Waals surface area (Å²) in [4.78, 5) is 172. The molecule has 16 N–H and O–H groups in total. The first kappa shape index (κ1) is 56.5. The molecule has 0 bridgehead atoms. The van der Waals surface area contributed by atoms with Gasteiger partial charge in [0.15, 0.2) is 11.9 Å². The molecule has 4 atom stereocenters. The van der Waals surface area contributed by atoms with Gasteiger partial charge in [-0.15, -0.1) is 0 Å². The first-order valence-corrected chi connectivity index (χ1v) is 21.7. The van der Waals surface area contributed by atoms with Crippen LogP contribution in [0.5, 0.6) is 0 Å². The second-order valence-corrected chi connectivity index (χ2v) is 16.1. The van der Waals surface area contributed by atoms with Gasteiger partial charge in [-0.2, -0.15) is 0 Å². The monoisotopic (exact) mass is 996 g/mol. The summed E-state index contributed by atoms with van der Waals surface area (Å²) in [5, 5.41) is 9.81. The van der Waals surface area contributed by atoms with Crippen molar-refractivity contribution in [1.82, 2.24) is 55.1 Å². The summed E-state index contributed by atoms with van der Waals surface area (Å²) in [6.45, 7) is -2.17. The zero-order chi connectivity index (χ0) is 53.1. The van der Waals surface area contributed by atoms with Crippen LogP contribution < -0.4 is 72.4 Å². The van der Waals surface area contributed by atoms with E-state index in [9.17, 15) is 57.5 Å². The molecule has 71 heavy (non-hydrogen) atoms. The van der Waals surface area contributed by atoms with E-state index in [1.54, 1.807) is 6.07 Å². The maximum absolute atomic E-state index is 14.1. The van der Waals surface area contributed by atoms with Crippen molar-refractivity contribution in [1.29, 1.82) is 0 Å². The first-order valence-electron chi connectivity index (χ1n) is 21.7. The normalized spacial score (nSPS) is 12.5. The second-order valence-electron chi connectivity index (χ2n) is 16.1. The molecule has 8 amide bonds. The van der Waals surface area contributed by atoms with E-state index in [0.29, 0.717) is 4.57 Å².